The summed E-state index contributed by atoms with van der Waals surface area (Å²) >= 11 is 0. The lowest BCUT2D eigenvalue weighted by molar-refractivity contribution is 1.26. The Balaban J connectivity index is 0.000000127. The second-order valence-electron chi connectivity index (χ2n) is 13.7. The predicted octanol–water partition coefficient (Wildman–Crippen LogP) is 15.6. The summed E-state index contributed by atoms with van der Waals surface area (Å²) in [5, 5.41) is 14.4. The van der Waals surface area contributed by atoms with Gasteiger partial charge in [-0.25, -0.2) is 0 Å². The third-order valence-corrected chi connectivity index (χ3v) is 10.3. The molecule has 0 aliphatic heterocycles. The van der Waals surface area contributed by atoms with Gasteiger partial charge in [0.15, 0.2) is 0 Å². The van der Waals surface area contributed by atoms with Crippen molar-refractivity contribution in [2.24, 2.45) is 0 Å². The second-order valence-corrected chi connectivity index (χ2v) is 13.7. The Bertz CT molecular complexity index is 2600. The van der Waals surface area contributed by atoms with Gasteiger partial charge in [0, 0.05) is 16.5 Å². The van der Waals surface area contributed by atoms with Crippen molar-refractivity contribution in [3.05, 3.63) is 198 Å². The topological polar surface area (TPSA) is 12.9 Å². The van der Waals surface area contributed by atoms with Crippen molar-refractivity contribution in [3.8, 4) is 11.1 Å². The minimum atomic E-state index is 1.02. The molecule has 10 aromatic rings. The molecule has 1 nitrogen and oxygen atoms in total. The third-order valence-electron chi connectivity index (χ3n) is 10.3. The number of hydrogen-bond donors (Lipinski definition) is 0. The van der Waals surface area contributed by atoms with E-state index in [0.29, 0.717) is 0 Å². The van der Waals surface area contributed by atoms with Gasteiger partial charge in [-0.3, -0.25) is 4.98 Å². The van der Waals surface area contributed by atoms with Crippen LogP contribution in [0.1, 0.15) is 50.1 Å². The Morgan fingerprint density at radius 1 is 0.382 bits per heavy atom. The summed E-state index contributed by atoms with van der Waals surface area (Å²) < 4.78 is 0. The Labute approximate surface area is 325 Å². The third kappa shape index (κ3) is 7.57. The molecular weight excluding hydrogens is 663 g/mol. The molecule has 0 bridgehead atoms. The summed E-state index contributed by atoms with van der Waals surface area (Å²) in [6, 6.07) is 62.8. The Morgan fingerprint density at radius 2 is 0.782 bits per heavy atom. The first-order valence-corrected chi connectivity index (χ1v) is 19.7. The van der Waals surface area contributed by atoms with E-state index in [1.54, 1.807) is 0 Å². The van der Waals surface area contributed by atoms with E-state index in [-0.39, 0.29) is 0 Å². The molecule has 55 heavy (non-hydrogen) atoms. The van der Waals surface area contributed by atoms with E-state index in [1.807, 2.05) is 27.7 Å². The summed E-state index contributed by atoms with van der Waals surface area (Å²) in [6.45, 7) is 12.3. The number of nitrogens with zero attached hydrogens (tertiary/aromatic N) is 1. The zero-order chi connectivity index (χ0) is 38.3. The van der Waals surface area contributed by atoms with Crippen LogP contribution in [0.3, 0.4) is 0 Å². The highest BCUT2D eigenvalue weighted by molar-refractivity contribution is 6.11. The van der Waals surface area contributed by atoms with Crippen molar-refractivity contribution in [2.45, 2.75) is 48.0 Å². The van der Waals surface area contributed by atoms with Gasteiger partial charge in [0.05, 0.1) is 5.52 Å². The predicted molar refractivity (Wildman–Crippen MR) is 243 cm³/mol. The first kappa shape index (κ1) is 37.0. The first-order valence-electron chi connectivity index (χ1n) is 19.7. The zero-order valence-corrected chi connectivity index (χ0v) is 32.9. The van der Waals surface area contributed by atoms with Gasteiger partial charge in [-0.2, -0.15) is 0 Å². The number of hydrogen-bond acceptors (Lipinski definition) is 1. The Kier molecular flexibility index (Phi) is 11.3. The van der Waals surface area contributed by atoms with Gasteiger partial charge < -0.3 is 0 Å². The Hall–Kier alpha value is -6.31. The lowest BCUT2D eigenvalue weighted by Gasteiger charge is -2.12. The first-order chi connectivity index (χ1) is 27.1. The molecule has 0 spiro atoms. The van der Waals surface area contributed by atoms with Gasteiger partial charge in [0.2, 0.25) is 0 Å². The van der Waals surface area contributed by atoms with Crippen LogP contribution in [0, 0.1) is 13.8 Å². The van der Waals surface area contributed by atoms with E-state index in [1.165, 1.54) is 87.1 Å². The maximum atomic E-state index is 4.84. The number of aromatic nitrogens is 1. The molecule has 1 aromatic heterocycles. The molecule has 11 rings (SSSR count). The van der Waals surface area contributed by atoms with Gasteiger partial charge in [-0.1, -0.05) is 173 Å². The fourth-order valence-corrected chi connectivity index (χ4v) is 7.77. The summed E-state index contributed by atoms with van der Waals surface area (Å²) in [4.78, 5) is 4.84. The quantitative estimate of drug-likeness (QED) is 0.113. The van der Waals surface area contributed by atoms with Crippen LogP contribution in [0.4, 0.5) is 0 Å². The molecule has 0 saturated carbocycles. The molecule has 0 saturated heterocycles. The minimum Gasteiger partial charge on any atom is -0.252 e. The van der Waals surface area contributed by atoms with E-state index in [4.69, 9.17) is 4.98 Å². The number of aryl methyl sites for hydroxylation is 2. The smallest absolute Gasteiger partial charge is 0.0714 e. The fraction of sp³-hybridized carbons (Fsp3) is 0.130. The highest BCUT2D eigenvalue weighted by Crippen LogP contribution is 2.42. The number of pyridine rings is 1. The van der Waals surface area contributed by atoms with E-state index >= 15 is 0 Å². The summed E-state index contributed by atoms with van der Waals surface area (Å²) in [5.41, 5.74) is 9.17. The SMILES string of the molecule is CC.CC.Cc1ccc2c(c1)nc(C)c1ccc3c(c12)Cc1ccccc1-3.c1ccc2cc3ccccc3cc2c1.c1ccc2cc3ccccc3cc2c1. The minimum absolute atomic E-state index is 1.02. The van der Waals surface area contributed by atoms with E-state index in [2.05, 4.69) is 190 Å². The molecule has 0 radical (unpaired) electrons. The monoisotopic (exact) mass is 711 g/mol. The van der Waals surface area contributed by atoms with E-state index in [9.17, 15) is 0 Å². The number of benzene rings is 9. The van der Waals surface area contributed by atoms with Crippen molar-refractivity contribution >= 4 is 64.8 Å². The van der Waals surface area contributed by atoms with Crippen LogP contribution >= 0.6 is 0 Å². The molecule has 0 unspecified atom stereocenters. The normalized spacial score (nSPS) is 11.0. The van der Waals surface area contributed by atoms with E-state index in [0.717, 1.165) is 17.6 Å². The highest BCUT2D eigenvalue weighted by atomic mass is 14.7. The van der Waals surface area contributed by atoms with Crippen LogP contribution in [0.25, 0.3) is 75.9 Å². The Morgan fingerprint density at radius 3 is 1.24 bits per heavy atom. The molecular formula is C54H49N. The molecule has 0 amide bonds. The van der Waals surface area contributed by atoms with E-state index < -0.39 is 0 Å². The summed E-state index contributed by atoms with van der Waals surface area (Å²) in [7, 11) is 0. The van der Waals surface area contributed by atoms with Gasteiger partial charge >= 0.3 is 0 Å². The summed E-state index contributed by atoms with van der Waals surface area (Å²) in [5.74, 6) is 0. The second kappa shape index (κ2) is 16.8. The van der Waals surface area contributed by atoms with Crippen LogP contribution in [-0.2, 0) is 6.42 Å². The molecule has 1 aliphatic carbocycles. The number of fused-ring (bicyclic) bond motifs is 11. The van der Waals surface area contributed by atoms with Crippen LogP contribution < -0.4 is 0 Å². The van der Waals surface area contributed by atoms with Crippen molar-refractivity contribution in [2.75, 3.05) is 0 Å². The maximum absolute atomic E-state index is 4.84. The molecule has 1 aliphatic rings. The zero-order valence-electron chi connectivity index (χ0n) is 32.9. The lowest BCUT2D eigenvalue weighted by Crippen LogP contribution is -1.93. The highest BCUT2D eigenvalue weighted by Gasteiger charge is 2.22. The molecule has 0 atom stereocenters. The van der Waals surface area contributed by atoms with Crippen LogP contribution in [0.5, 0.6) is 0 Å². The van der Waals surface area contributed by atoms with Crippen LogP contribution in [0.2, 0.25) is 0 Å². The van der Waals surface area contributed by atoms with Crippen molar-refractivity contribution in [1.29, 1.82) is 0 Å². The molecule has 270 valence electrons. The summed E-state index contributed by atoms with van der Waals surface area (Å²) in [6.07, 6.45) is 1.02. The maximum Gasteiger partial charge on any atom is 0.0714 e. The average Bonchev–Trinajstić information content (AvgIpc) is 3.63. The van der Waals surface area contributed by atoms with Crippen molar-refractivity contribution in [3.63, 3.8) is 0 Å². The molecule has 1 heteroatoms. The molecule has 0 N–H and O–H groups in total. The standard InChI is InChI=1S/C22H17N.2C14H10.2C2H6/c1-13-7-8-19-21(11-13)23-14(2)16-9-10-18-17-6-4-3-5-15(17)12-20(18)22(16)19;2*1-2-6-12-10-14-8-4-3-7-13(14)9-11(12)5-1;2*1-2/h3-11H,12H2,1-2H3;2*1-10H;2*1-2H3. The van der Waals surface area contributed by atoms with Crippen LogP contribution in [0.15, 0.2) is 176 Å². The molecule has 0 fully saturated rings. The average molecular weight is 712 g/mol. The largest absolute Gasteiger partial charge is 0.252 e. The van der Waals surface area contributed by atoms with Gasteiger partial charge in [0.25, 0.3) is 0 Å². The van der Waals surface area contributed by atoms with Gasteiger partial charge in [0.1, 0.15) is 0 Å². The lowest BCUT2D eigenvalue weighted by atomic mass is 9.95. The fourth-order valence-electron chi connectivity index (χ4n) is 7.77. The van der Waals surface area contributed by atoms with Gasteiger partial charge in [-0.05, 0) is 127 Å². The van der Waals surface area contributed by atoms with Crippen LogP contribution in [-0.4, -0.2) is 4.98 Å². The van der Waals surface area contributed by atoms with Gasteiger partial charge in [-0.15, -0.1) is 0 Å². The van der Waals surface area contributed by atoms with Crippen molar-refractivity contribution < 1.29 is 0 Å². The number of rotatable bonds is 0. The van der Waals surface area contributed by atoms with Crippen molar-refractivity contribution in [1.82, 2.24) is 4.98 Å². The molecule has 1 heterocycles. The molecule has 9 aromatic carbocycles.